The van der Waals surface area contributed by atoms with Gasteiger partial charge in [0.2, 0.25) is 5.88 Å². The van der Waals surface area contributed by atoms with Crippen LogP contribution in [-0.2, 0) is 7.05 Å². The molecule has 1 saturated carbocycles. The molecule has 6 heteroatoms. The Labute approximate surface area is 147 Å². The van der Waals surface area contributed by atoms with Crippen molar-refractivity contribution >= 4 is 5.91 Å². The van der Waals surface area contributed by atoms with Crippen LogP contribution in [0.4, 0.5) is 0 Å². The number of nitrogens with zero attached hydrogens (tertiary/aromatic N) is 2. The minimum atomic E-state index is -0.281. The van der Waals surface area contributed by atoms with E-state index in [1.165, 1.54) is 0 Å². The number of amides is 1. The van der Waals surface area contributed by atoms with Crippen LogP contribution in [0, 0.1) is 19.8 Å². The van der Waals surface area contributed by atoms with Gasteiger partial charge in [0.15, 0.2) is 0 Å². The quantitative estimate of drug-likeness (QED) is 0.873. The number of hydrogen-bond donors (Lipinski definition) is 2. The largest absolute Gasteiger partial charge is 0.481 e. The van der Waals surface area contributed by atoms with Crippen molar-refractivity contribution in [3.05, 3.63) is 46.9 Å². The van der Waals surface area contributed by atoms with Crippen molar-refractivity contribution < 1.29 is 14.6 Å². The van der Waals surface area contributed by atoms with Crippen molar-refractivity contribution in [1.29, 1.82) is 0 Å². The molecule has 0 radical (unpaired) electrons. The van der Waals surface area contributed by atoms with Gasteiger partial charge < -0.3 is 19.7 Å². The third-order valence-corrected chi connectivity index (χ3v) is 5.25. The van der Waals surface area contributed by atoms with Crippen LogP contribution in [0.3, 0.4) is 0 Å². The zero-order chi connectivity index (χ0) is 18.1. The number of pyridine rings is 1. The van der Waals surface area contributed by atoms with E-state index in [9.17, 15) is 9.90 Å². The Kier molecular flexibility index (Phi) is 4.81. The number of aromatic nitrogens is 2. The fourth-order valence-corrected chi connectivity index (χ4v) is 3.38. The number of hydrogen-bond acceptors (Lipinski definition) is 4. The molecule has 2 aromatic rings. The molecule has 0 spiro atoms. The first-order valence-electron chi connectivity index (χ1n) is 8.52. The van der Waals surface area contributed by atoms with Crippen molar-refractivity contribution in [2.75, 3.05) is 7.11 Å². The lowest BCUT2D eigenvalue weighted by Crippen LogP contribution is -2.41. The molecule has 6 nitrogen and oxygen atoms in total. The maximum absolute atomic E-state index is 12.8. The van der Waals surface area contributed by atoms with Gasteiger partial charge in [-0.2, -0.15) is 0 Å². The van der Waals surface area contributed by atoms with E-state index >= 15 is 0 Å². The molecule has 1 aliphatic carbocycles. The second-order valence-corrected chi connectivity index (χ2v) is 6.81. The number of nitrogens with one attached hydrogen (secondary N) is 1. The first-order valence-corrected chi connectivity index (χ1v) is 8.52. The van der Waals surface area contributed by atoms with Crippen molar-refractivity contribution in [2.45, 2.75) is 38.8 Å². The van der Waals surface area contributed by atoms with Gasteiger partial charge in [-0.3, -0.25) is 4.79 Å². The van der Waals surface area contributed by atoms with Crippen LogP contribution in [0.2, 0.25) is 0 Å². The first kappa shape index (κ1) is 17.5. The number of aryl methyl sites for hydroxylation is 1. The number of methoxy groups -OCH3 is 1. The van der Waals surface area contributed by atoms with E-state index in [0.717, 1.165) is 17.0 Å². The van der Waals surface area contributed by atoms with E-state index in [4.69, 9.17) is 4.74 Å². The van der Waals surface area contributed by atoms with Gasteiger partial charge in [-0.1, -0.05) is 6.07 Å². The fourth-order valence-electron chi connectivity index (χ4n) is 3.38. The molecular formula is C19H25N3O3. The summed E-state index contributed by atoms with van der Waals surface area (Å²) in [5, 5.41) is 12.8. The van der Waals surface area contributed by atoms with E-state index in [-0.39, 0.29) is 24.0 Å². The molecule has 1 atom stereocenters. The molecule has 3 rings (SSSR count). The lowest BCUT2D eigenvalue weighted by atomic mass is 9.75. The average Bonchev–Trinajstić information content (AvgIpc) is 2.85. The van der Waals surface area contributed by atoms with E-state index < -0.39 is 0 Å². The number of carbonyl (C=O) groups excluding carboxylic acids is 1. The van der Waals surface area contributed by atoms with Gasteiger partial charge in [0.25, 0.3) is 5.91 Å². The Morgan fingerprint density at radius 2 is 2.12 bits per heavy atom. The zero-order valence-electron chi connectivity index (χ0n) is 15.1. The number of ether oxygens (including phenoxy) is 1. The molecule has 134 valence electrons. The van der Waals surface area contributed by atoms with Crippen LogP contribution in [0.25, 0.3) is 0 Å². The molecule has 0 aliphatic heterocycles. The van der Waals surface area contributed by atoms with E-state index in [1.54, 1.807) is 19.4 Å². The molecule has 1 aliphatic rings. The molecule has 0 bridgehead atoms. The summed E-state index contributed by atoms with van der Waals surface area (Å²) in [7, 11) is 3.53. The number of rotatable bonds is 5. The van der Waals surface area contributed by atoms with Crippen LogP contribution in [0.15, 0.2) is 24.4 Å². The summed E-state index contributed by atoms with van der Waals surface area (Å²) in [4.78, 5) is 17.1. The van der Waals surface area contributed by atoms with Crippen molar-refractivity contribution in [3.8, 4) is 5.88 Å². The van der Waals surface area contributed by atoms with Gasteiger partial charge in [-0.05, 0) is 44.2 Å². The predicted octanol–water partition coefficient (Wildman–Crippen LogP) is 2.29. The maximum Gasteiger partial charge on any atom is 0.253 e. The Hall–Kier alpha value is -2.34. The van der Waals surface area contributed by atoms with Crippen molar-refractivity contribution in [2.24, 2.45) is 13.0 Å². The highest BCUT2D eigenvalue weighted by molar-refractivity contribution is 5.96. The van der Waals surface area contributed by atoms with Gasteiger partial charge in [0.1, 0.15) is 0 Å². The first-order chi connectivity index (χ1) is 11.9. The van der Waals surface area contributed by atoms with Crippen LogP contribution in [0.1, 0.15) is 46.2 Å². The lowest BCUT2D eigenvalue weighted by molar-refractivity contribution is 0.0234. The summed E-state index contributed by atoms with van der Waals surface area (Å²) in [6.45, 7) is 3.93. The van der Waals surface area contributed by atoms with Gasteiger partial charge in [0, 0.05) is 30.7 Å². The highest BCUT2D eigenvalue weighted by atomic mass is 16.5. The third-order valence-electron chi connectivity index (χ3n) is 5.25. The Balaban J connectivity index is 1.84. The molecule has 2 aromatic heterocycles. The summed E-state index contributed by atoms with van der Waals surface area (Å²) < 4.78 is 7.11. The second kappa shape index (κ2) is 6.88. The number of carbonyl (C=O) groups is 1. The topological polar surface area (TPSA) is 76.4 Å². The van der Waals surface area contributed by atoms with Gasteiger partial charge in [0.05, 0.1) is 24.8 Å². The molecule has 0 saturated heterocycles. The molecule has 2 N–H and O–H groups in total. The third kappa shape index (κ3) is 3.39. The fraction of sp³-hybridized carbons (Fsp3) is 0.474. The SMILES string of the molecule is COc1ccc([C@H](NC(=O)c2cc(C)n(C)c2C)C2CC(O)C2)cn1. The highest BCUT2D eigenvalue weighted by Gasteiger charge is 2.36. The van der Waals surface area contributed by atoms with Crippen molar-refractivity contribution in [3.63, 3.8) is 0 Å². The summed E-state index contributed by atoms with van der Waals surface area (Å²) in [6, 6.07) is 5.45. The standard InChI is InChI=1S/C19H25N3O3/c1-11-7-16(12(2)22(11)3)19(24)21-18(14-8-15(23)9-14)13-5-6-17(25-4)20-10-13/h5-7,10,14-15,18,23H,8-9H2,1-4H3,(H,21,24)/t14?,15?,18-/m0/s1. The van der Waals surface area contributed by atoms with Crippen LogP contribution in [0.5, 0.6) is 5.88 Å². The minimum Gasteiger partial charge on any atom is -0.481 e. The van der Waals surface area contributed by atoms with E-state index in [0.29, 0.717) is 24.3 Å². The Morgan fingerprint density at radius 1 is 1.40 bits per heavy atom. The summed E-state index contributed by atoms with van der Waals surface area (Å²) in [5.74, 6) is 0.652. The Morgan fingerprint density at radius 3 is 2.60 bits per heavy atom. The monoisotopic (exact) mass is 343 g/mol. The number of aliphatic hydroxyl groups is 1. The van der Waals surface area contributed by atoms with E-state index in [1.807, 2.05) is 37.6 Å². The second-order valence-electron chi connectivity index (χ2n) is 6.81. The van der Waals surface area contributed by atoms with Crippen molar-refractivity contribution in [1.82, 2.24) is 14.9 Å². The van der Waals surface area contributed by atoms with Gasteiger partial charge >= 0.3 is 0 Å². The highest BCUT2D eigenvalue weighted by Crippen LogP contribution is 2.38. The molecule has 0 aromatic carbocycles. The van der Waals surface area contributed by atoms with E-state index in [2.05, 4.69) is 10.3 Å². The summed E-state index contributed by atoms with van der Waals surface area (Å²) >= 11 is 0. The zero-order valence-corrected chi connectivity index (χ0v) is 15.1. The van der Waals surface area contributed by atoms with Gasteiger partial charge in [-0.25, -0.2) is 4.98 Å². The normalized spacial score (nSPS) is 20.7. The molecule has 1 amide bonds. The van der Waals surface area contributed by atoms with Gasteiger partial charge in [-0.15, -0.1) is 0 Å². The molecule has 25 heavy (non-hydrogen) atoms. The smallest absolute Gasteiger partial charge is 0.253 e. The minimum absolute atomic E-state index is 0.0941. The summed E-state index contributed by atoms with van der Waals surface area (Å²) in [6.07, 6.45) is 2.82. The number of aliphatic hydroxyl groups excluding tert-OH is 1. The lowest BCUT2D eigenvalue weighted by Gasteiger charge is -2.38. The predicted molar refractivity (Wildman–Crippen MR) is 94.6 cm³/mol. The van der Waals surface area contributed by atoms with Crippen LogP contribution < -0.4 is 10.1 Å². The molecule has 1 fully saturated rings. The van der Waals surface area contributed by atoms with Crippen LogP contribution >= 0.6 is 0 Å². The van der Waals surface area contributed by atoms with Crippen LogP contribution in [-0.4, -0.2) is 33.8 Å². The summed E-state index contributed by atoms with van der Waals surface area (Å²) in [5.41, 5.74) is 3.60. The molecule has 2 heterocycles. The molecule has 0 unspecified atom stereocenters. The average molecular weight is 343 g/mol. The Bertz CT molecular complexity index is 761. The maximum atomic E-state index is 12.8. The molecular weight excluding hydrogens is 318 g/mol.